The van der Waals surface area contributed by atoms with Gasteiger partial charge in [0.2, 0.25) is 5.89 Å². The number of hydrogen-bond acceptors (Lipinski definition) is 5. The minimum Gasteiger partial charge on any atom is -0.384 e. The van der Waals surface area contributed by atoms with Crippen molar-refractivity contribution in [2.24, 2.45) is 0 Å². The van der Waals surface area contributed by atoms with Crippen LogP contribution >= 0.6 is 0 Å². The van der Waals surface area contributed by atoms with E-state index in [2.05, 4.69) is 15.5 Å². The van der Waals surface area contributed by atoms with Crippen molar-refractivity contribution in [1.82, 2.24) is 15.5 Å². The molecular formula is C11H19N3O2. The fraction of sp³-hybridized carbons (Fsp3) is 0.818. The number of rotatable bonds is 4. The molecule has 1 saturated heterocycles. The molecule has 1 aromatic heterocycles. The minimum atomic E-state index is 0.242. The van der Waals surface area contributed by atoms with Crippen LogP contribution in [0, 0.1) is 0 Å². The summed E-state index contributed by atoms with van der Waals surface area (Å²) in [5, 5.41) is 7.39. The first-order valence-electron chi connectivity index (χ1n) is 5.95. The second-order valence-corrected chi connectivity index (χ2v) is 4.15. The third-order valence-corrected chi connectivity index (χ3v) is 2.87. The highest BCUT2D eigenvalue weighted by atomic mass is 16.5. The van der Waals surface area contributed by atoms with Crippen LogP contribution in [0.25, 0.3) is 0 Å². The molecule has 0 bridgehead atoms. The largest absolute Gasteiger partial charge is 0.384 e. The Morgan fingerprint density at radius 2 is 2.38 bits per heavy atom. The first kappa shape index (κ1) is 11.5. The smallest absolute Gasteiger partial charge is 0.243 e. The number of ether oxygens (including phenoxy) is 1. The van der Waals surface area contributed by atoms with Gasteiger partial charge in [0.15, 0.2) is 5.82 Å². The SMILES string of the molecule is COCCc1noc(C2CCCCCN2)n1. The summed E-state index contributed by atoms with van der Waals surface area (Å²) in [7, 11) is 1.67. The van der Waals surface area contributed by atoms with Gasteiger partial charge in [-0.25, -0.2) is 0 Å². The van der Waals surface area contributed by atoms with Crippen molar-refractivity contribution in [3.05, 3.63) is 11.7 Å². The lowest BCUT2D eigenvalue weighted by molar-refractivity contribution is 0.199. The Balaban J connectivity index is 1.94. The van der Waals surface area contributed by atoms with E-state index in [1.54, 1.807) is 7.11 Å². The van der Waals surface area contributed by atoms with Crippen LogP contribution < -0.4 is 5.32 Å². The topological polar surface area (TPSA) is 60.2 Å². The lowest BCUT2D eigenvalue weighted by atomic mass is 10.1. The molecule has 1 atom stereocenters. The highest BCUT2D eigenvalue weighted by Crippen LogP contribution is 2.21. The summed E-state index contributed by atoms with van der Waals surface area (Å²) in [6.07, 6.45) is 5.56. The normalized spacial score (nSPS) is 21.9. The second kappa shape index (κ2) is 5.96. The molecule has 0 aromatic carbocycles. The number of nitrogens with one attached hydrogen (secondary N) is 1. The fourth-order valence-corrected chi connectivity index (χ4v) is 1.94. The molecule has 1 aliphatic heterocycles. The summed E-state index contributed by atoms with van der Waals surface area (Å²) in [4.78, 5) is 4.39. The molecule has 1 unspecified atom stereocenters. The van der Waals surface area contributed by atoms with E-state index in [0.29, 0.717) is 13.0 Å². The van der Waals surface area contributed by atoms with Gasteiger partial charge >= 0.3 is 0 Å². The van der Waals surface area contributed by atoms with Crippen molar-refractivity contribution in [2.75, 3.05) is 20.3 Å². The molecule has 90 valence electrons. The van der Waals surface area contributed by atoms with E-state index in [1.165, 1.54) is 19.3 Å². The minimum absolute atomic E-state index is 0.242. The van der Waals surface area contributed by atoms with Gasteiger partial charge in [0.25, 0.3) is 0 Å². The summed E-state index contributed by atoms with van der Waals surface area (Å²) in [5.74, 6) is 1.47. The fourth-order valence-electron chi connectivity index (χ4n) is 1.94. The van der Waals surface area contributed by atoms with E-state index >= 15 is 0 Å². The molecule has 1 N–H and O–H groups in total. The first-order chi connectivity index (χ1) is 7.90. The van der Waals surface area contributed by atoms with E-state index < -0.39 is 0 Å². The quantitative estimate of drug-likeness (QED) is 0.840. The monoisotopic (exact) mass is 225 g/mol. The average molecular weight is 225 g/mol. The van der Waals surface area contributed by atoms with Crippen LogP contribution in [-0.2, 0) is 11.2 Å². The molecular weight excluding hydrogens is 206 g/mol. The van der Waals surface area contributed by atoms with Crippen LogP contribution in [0.15, 0.2) is 4.52 Å². The Morgan fingerprint density at radius 3 is 3.25 bits per heavy atom. The predicted molar refractivity (Wildman–Crippen MR) is 59.1 cm³/mol. The van der Waals surface area contributed by atoms with E-state index in [4.69, 9.17) is 9.26 Å². The zero-order chi connectivity index (χ0) is 11.2. The highest BCUT2D eigenvalue weighted by Gasteiger charge is 2.19. The zero-order valence-electron chi connectivity index (χ0n) is 9.74. The second-order valence-electron chi connectivity index (χ2n) is 4.15. The summed E-state index contributed by atoms with van der Waals surface area (Å²) in [6, 6.07) is 0.242. The Bertz CT molecular complexity index is 306. The number of hydrogen-bond donors (Lipinski definition) is 1. The van der Waals surface area contributed by atoms with Gasteiger partial charge in [-0.1, -0.05) is 18.0 Å². The molecule has 1 fully saturated rings. The van der Waals surface area contributed by atoms with E-state index in [-0.39, 0.29) is 6.04 Å². The van der Waals surface area contributed by atoms with E-state index in [1.807, 2.05) is 0 Å². The predicted octanol–water partition coefficient (Wildman–Crippen LogP) is 1.46. The third-order valence-electron chi connectivity index (χ3n) is 2.87. The maximum atomic E-state index is 5.28. The number of methoxy groups -OCH3 is 1. The maximum Gasteiger partial charge on any atom is 0.243 e. The zero-order valence-corrected chi connectivity index (χ0v) is 9.74. The third kappa shape index (κ3) is 3.02. The molecule has 2 heterocycles. The van der Waals surface area contributed by atoms with Crippen LogP contribution in [-0.4, -0.2) is 30.4 Å². The van der Waals surface area contributed by atoms with E-state index in [0.717, 1.165) is 24.7 Å². The van der Waals surface area contributed by atoms with Gasteiger partial charge < -0.3 is 14.6 Å². The van der Waals surface area contributed by atoms with Gasteiger partial charge in [-0.2, -0.15) is 4.98 Å². The van der Waals surface area contributed by atoms with Crippen molar-refractivity contribution in [2.45, 2.75) is 38.1 Å². The first-order valence-corrected chi connectivity index (χ1v) is 5.95. The molecule has 1 aromatic rings. The molecule has 5 heteroatoms. The van der Waals surface area contributed by atoms with Crippen LogP contribution in [0.3, 0.4) is 0 Å². The Hall–Kier alpha value is -0.940. The average Bonchev–Trinajstić information content (AvgIpc) is 2.60. The standard InChI is InChI=1S/C11H19N3O2/c1-15-8-6-10-13-11(16-14-10)9-5-3-2-4-7-12-9/h9,12H,2-8H2,1H3. The Morgan fingerprint density at radius 1 is 1.44 bits per heavy atom. The molecule has 2 rings (SSSR count). The Kier molecular flexibility index (Phi) is 4.30. The molecule has 0 aliphatic carbocycles. The van der Waals surface area contributed by atoms with Gasteiger partial charge in [0, 0.05) is 13.5 Å². The van der Waals surface area contributed by atoms with Gasteiger partial charge in [0.05, 0.1) is 12.6 Å². The van der Waals surface area contributed by atoms with Crippen LogP contribution in [0.5, 0.6) is 0 Å². The molecule has 0 saturated carbocycles. The van der Waals surface area contributed by atoms with Crippen molar-refractivity contribution < 1.29 is 9.26 Å². The van der Waals surface area contributed by atoms with Crippen molar-refractivity contribution in [1.29, 1.82) is 0 Å². The highest BCUT2D eigenvalue weighted by molar-refractivity contribution is 4.94. The lowest BCUT2D eigenvalue weighted by Gasteiger charge is -2.09. The van der Waals surface area contributed by atoms with Crippen LogP contribution in [0.2, 0.25) is 0 Å². The van der Waals surface area contributed by atoms with Gasteiger partial charge in [-0.05, 0) is 19.4 Å². The lowest BCUT2D eigenvalue weighted by Crippen LogP contribution is -2.20. The molecule has 5 nitrogen and oxygen atoms in total. The molecule has 0 radical (unpaired) electrons. The van der Waals surface area contributed by atoms with Crippen LogP contribution in [0.4, 0.5) is 0 Å². The number of aromatic nitrogens is 2. The maximum absolute atomic E-state index is 5.28. The molecule has 0 amide bonds. The molecule has 1 aliphatic rings. The molecule has 0 spiro atoms. The van der Waals surface area contributed by atoms with Gasteiger partial charge in [-0.3, -0.25) is 0 Å². The number of nitrogens with zero attached hydrogens (tertiary/aromatic N) is 2. The van der Waals surface area contributed by atoms with E-state index in [9.17, 15) is 0 Å². The summed E-state index contributed by atoms with van der Waals surface area (Å²) in [6.45, 7) is 1.68. The van der Waals surface area contributed by atoms with Crippen molar-refractivity contribution >= 4 is 0 Å². The Labute approximate surface area is 95.6 Å². The van der Waals surface area contributed by atoms with Crippen molar-refractivity contribution in [3.63, 3.8) is 0 Å². The summed E-state index contributed by atoms with van der Waals surface area (Å²) < 4.78 is 10.3. The van der Waals surface area contributed by atoms with Gasteiger partial charge in [-0.15, -0.1) is 0 Å². The van der Waals surface area contributed by atoms with Crippen LogP contribution in [0.1, 0.15) is 43.4 Å². The van der Waals surface area contributed by atoms with Crippen molar-refractivity contribution in [3.8, 4) is 0 Å². The summed E-state index contributed by atoms with van der Waals surface area (Å²) in [5.41, 5.74) is 0. The molecule has 16 heavy (non-hydrogen) atoms. The summed E-state index contributed by atoms with van der Waals surface area (Å²) >= 11 is 0. The van der Waals surface area contributed by atoms with Gasteiger partial charge in [0.1, 0.15) is 0 Å².